The highest BCUT2D eigenvalue weighted by atomic mass is 16.5. The van der Waals surface area contributed by atoms with Gasteiger partial charge in [0.1, 0.15) is 0 Å². The summed E-state index contributed by atoms with van der Waals surface area (Å²) in [5, 5.41) is 0. The van der Waals surface area contributed by atoms with Crippen LogP contribution in [0.25, 0.3) is 0 Å². The third-order valence-corrected chi connectivity index (χ3v) is 4.11. The molecule has 2 aliphatic rings. The van der Waals surface area contributed by atoms with Crippen LogP contribution in [0.3, 0.4) is 0 Å². The van der Waals surface area contributed by atoms with E-state index in [1.54, 1.807) is 0 Å². The lowest BCUT2D eigenvalue weighted by molar-refractivity contribution is 0.0450. The van der Waals surface area contributed by atoms with E-state index in [9.17, 15) is 4.79 Å². The van der Waals surface area contributed by atoms with Gasteiger partial charge in [-0.25, -0.2) is 4.79 Å². The molecule has 0 spiro atoms. The number of nitrogens with zero attached hydrogens (tertiary/aromatic N) is 2. The Bertz CT molecular complexity index is 279. The third-order valence-electron chi connectivity index (χ3n) is 4.11. The fourth-order valence-electron chi connectivity index (χ4n) is 2.81. The average molecular weight is 241 g/mol. The summed E-state index contributed by atoms with van der Waals surface area (Å²) in [7, 11) is 1.91. The molecule has 0 aromatic heterocycles. The molecule has 0 aromatic rings. The zero-order valence-corrected chi connectivity index (χ0v) is 10.8. The van der Waals surface area contributed by atoms with E-state index < -0.39 is 0 Å². The summed E-state index contributed by atoms with van der Waals surface area (Å²) in [5.41, 5.74) is 5.65. The molecule has 2 unspecified atom stereocenters. The van der Waals surface area contributed by atoms with Crippen molar-refractivity contribution in [2.75, 3.05) is 33.4 Å². The number of ether oxygens (including phenoxy) is 1. The van der Waals surface area contributed by atoms with Crippen molar-refractivity contribution in [2.24, 2.45) is 11.7 Å². The maximum absolute atomic E-state index is 12.1. The molecule has 98 valence electrons. The molecule has 2 heterocycles. The first-order valence-corrected chi connectivity index (χ1v) is 6.46. The Balaban J connectivity index is 2.02. The van der Waals surface area contributed by atoms with Crippen LogP contribution in [-0.4, -0.2) is 61.3 Å². The summed E-state index contributed by atoms with van der Waals surface area (Å²) in [5.74, 6) is 0.577. The van der Waals surface area contributed by atoms with E-state index in [2.05, 4.69) is 0 Å². The van der Waals surface area contributed by atoms with Crippen LogP contribution in [0.1, 0.15) is 19.8 Å². The second kappa shape index (κ2) is 5.23. The molecule has 2 aliphatic heterocycles. The zero-order valence-electron chi connectivity index (χ0n) is 10.8. The Morgan fingerprint density at radius 2 is 2.12 bits per heavy atom. The highest BCUT2D eigenvalue weighted by Gasteiger charge is 2.40. The van der Waals surface area contributed by atoms with Gasteiger partial charge >= 0.3 is 6.03 Å². The number of urea groups is 1. The molecular formula is C12H23N3O2. The number of nitrogens with two attached hydrogens (primary N) is 1. The van der Waals surface area contributed by atoms with Crippen LogP contribution in [0.15, 0.2) is 0 Å². The fraction of sp³-hybridized carbons (Fsp3) is 0.917. The SMILES string of the molecule is CC(CN)N1CC(C2CCOCC2)N(C)C1=O. The first-order chi connectivity index (χ1) is 8.15. The van der Waals surface area contributed by atoms with Crippen molar-refractivity contribution < 1.29 is 9.53 Å². The third kappa shape index (κ3) is 2.40. The number of likely N-dealkylation sites (N-methyl/N-ethyl adjacent to an activating group) is 1. The molecule has 0 aromatic carbocycles. The predicted octanol–water partition coefficient (Wildman–Crippen LogP) is 0.496. The maximum atomic E-state index is 12.1. The summed E-state index contributed by atoms with van der Waals surface area (Å²) in [6.07, 6.45) is 2.13. The Morgan fingerprint density at radius 1 is 1.47 bits per heavy atom. The number of hydrogen-bond acceptors (Lipinski definition) is 3. The minimum absolute atomic E-state index is 0.124. The van der Waals surface area contributed by atoms with Crippen molar-refractivity contribution in [3.8, 4) is 0 Å². The van der Waals surface area contributed by atoms with Crippen molar-refractivity contribution in [1.29, 1.82) is 0 Å². The van der Waals surface area contributed by atoms with E-state index in [4.69, 9.17) is 10.5 Å². The molecule has 2 atom stereocenters. The summed E-state index contributed by atoms with van der Waals surface area (Å²) < 4.78 is 5.38. The van der Waals surface area contributed by atoms with Crippen LogP contribution >= 0.6 is 0 Å². The molecule has 0 bridgehead atoms. The molecule has 2 saturated heterocycles. The molecule has 2 rings (SSSR count). The van der Waals surface area contributed by atoms with Gasteiger partial charge in [0.2, 0.25) is 0 Å². The van der Waals surface area contributed by atoms with Crippen molar-refractivity contribution in [2.45, 2.75) is 31.8 Å². The van der Waals surface area contributed by atoms with Crippen LogP contribution in [-0.2, 0) is 4.74 Å². The highest BCUT2D eigenvalue weighted by molar-refractivity contribution is 5.77. The zero-order chi connectivity index (χ0) is 12.4. The van der Waals surface area contributed by atoms with Gasteiger partial charge < -0.3 is 20.3 Å². The second-order valence-electron chi connectivity index (χ2n) is 5.15. The largest absolute Gasteiger partial charge is 0.381 e. The molecule has 2 amide bonds. The highest BCUT2D eigenvalue weighted by Crippen LogP contribution is 2.28. The normalized spacial score (nSPS) is 28.9. The summed E-state index contributed by atoms with van der Waals surface area (Å²) >= 11 is 0. The molecule has 2 fully saturated rings. The molecule has 2 N–H and O–H groups in total. The molecular weight excluding hydrogens is 218 g/mol. The first kappa shape index (κ1) is 12.6. The Morgan fingerprint density at radius 3 is 2.71 bits per heavy atom. The lowest BCUT2D eigenvalue weighted by atomic mass is 9.91. The number of hydrogen-bond donors (Lipinski definition) is 1. The van der Waals surface area contributed by atoms with E-state index in [1.165, 1.54) is 0 Å². The van der Waals surface area contributed by atoms with E-state index in [1.807, 2.05) is 23.8 Å². The Kier molecular flexibility index (Phi) is 3.89. The first-order valence-electron chi connectivity index (χ1n) is 6.46. The number of rotatable bonds is 3. The van der Waals surface area contributed by atoms with Gasteiger partial charge in [0, 0.05) is 39.4 Å². The smallest absolute Gasteiger partial charge is 0.320 e. The van der Waals surface area contributed by atoms with Gasteiger partial charge in [-0.05, 0) is 25.7 Å². The topological polar surface area (TPSA) is 58.8 Å². The van der Waals surface area contributed by atoms with Crippen LogP contribution in [0.4, 0.5) is 4.79 Å². The lowest BCUT2D eigenvalue weighted by Crippen LogP contribution is -2.40. The number of carbonyl (C=O) groups is 1. The summed E-state index contributed by atoms with van der Waals surface area (Å²) in [6.45, 7) is 5.02. The van der Waals surface area contributed by atoms with E-state index in [-0.39, 0.29) is 12.1 Å². The van der Waals surface area contributed by atoms with Gasteiger partial charge in [0.25, 0.3) is 0 Å². The number of amides is 2. The van der Waals surface area contributed by atoms with E-state index >= 15 is 0 Å². The maximum Gasteiger partial charge on any atom is 0.320 e. The van der Waals surface area contributed by atoms with E-state index in [0.29, 0.717) is 18.5 Å². The molecule has 0 aliphatic carbocycles. The van der Waals surface area contributed by atoms with Crippen molar-refractivity contribution in [3.05, 3.63) is 0 Å². The van der Waals surface area contributed by atoms with Gasteiger partial charge in [-0.1, -0.05) is 0 Å². The van der Waals surface area contributed by atoms with Crippen LogP contribution < -0.4 is 5.73 Å². The second-order valence-corrected chi connectivity index (χ2v) is 5.15. The average Bonchev–Trinajstić information content (AvgIpc) is 2.67. The predicted molar refractivity (Wildman–Crippen MR) is 65.7 cm³/mol. The van der Waals surface area contributed by atoms with Crippen molar-refractivity contribution in [1.82, 2.24) is 9.80 Å². The fourth-order valence-corrected chi connectivity index (χ4v) is 2.81. The minimum Gasteiger partial charge on any atom is -0.381 e. The molecule has 0 radical (unpaired) electrons. The van der Waals surface area contributed by atoms with Crippen LogP contribution in [0, 0.1) is 5.92 Å². The standard InChI is InChI=1S/C12H23N3O2/c1-9(7-13)15-8-11(14(2)12(15)16)10-3-5-17-6-4-10/h9-11H,3-8,13H2,1-2H3. The monoisotopic (exact) mass is 241 g/mol. The lowest BCUT2D eigenvalue weighted by Gasteiger charge is -2.30. The van der Waals surface area contributed by atoms with Crippen molar-refractivity contribution >= 4 is 6.03 Å². The van der Waals surface area contributed by atoms with Crippen molar-refractivity contribution in [3.63, 3.8) is 0 Å². The van der Waals surface area contributed by atoms with E-state index in [0.717, 1.165) is 32.6 Å². The molecule has 0 saturated carbocycles. The number of carbonyl (C=O) groups excluding carboxylic acids is 1. The van der Waals surface area contributed by atoms with Gasteiger partial charge in [-0.3, -0.25) is 0 Å². The Labute approximate surface area is 103 Å². The van der Waals surface area contributed by atoms with Gasteiger partial charge in [-0.2, -0.15) is 0 Å². The summed E-state index contributed by atoms with van der Waals surface area (Å²) in [6, 6.07) is 0.592. The molecule has 17 heavy (non-hydrogen) atoms. The summed E-state index contributed by atoms with van der Waals surface area (Å²) in [4.78, 5) is 15.9. The molecule has 5 nitrogen and oxygen atoms in total. The quantitative estimate of drug-likeness (QED) is 0.782. The molecule has 5 heteroatoms. The van der Waals surface area contributed by atoms with Gasteiger partial charge in [0.05, 0.1) is 6.04 Å². The Hall–Kier alpha value is -0.810. The minimum atomic E-state index is 0.124. The van der Waals surface area contributed by atoms with Gasteiger partial charge in [0.15, 0.2) is 0 Å². The van der Waals surface area contributed by atoms with Crippen LogP contribution in [0.2, 0.25) is 0 Å². The van der Waals surface area contributed by atoms with Gasteiger partial charge in [-0.15, -0.1) is 0 Å². The van der Waals surface area contributed by atoms with Crippen LogP contribution in [0.5, 0.6) is 0 Å².